The van der Waals surface area contributed by atoms with Gasteiger partial charge in [-0.05, 0) is 60.4 Å². The maximum Gasteiger partial charge on any atom is 0.277 e. The van der Waals surface area contributed by atoms with Gasteiger partial charge >= 0.3 is 0 Å². The largest absolute Gasteiger partial charge is 0.490 e. The summed E-state index contributed by atoms with van der Waals surface area (Å²) in [6.45, 7) is 6.16. The molecule has 0 saturated heterocycles. The summed E-state index contributed by atoms with van der Waals surface area (Å²) >= 11 is 0. The quantitative estimate of drug-likeness (QED) is 0.370. The average molecular weight is 366 g/mol. The third-order valence-electron chi connectivity index (χ3n) is 3.76. The number of carbonyl (C=O) groups excluding carboxylic acids is 1. The second-order valence-corrected chi connectivity index (χ2v) is 6.00. The van der Waals surface area contributed by atoms with Crippen molar-refractivity contribution in [2.75, 3.05) is 13.2 Å². The predicted molar refractivity (Wildman–Crippen MR) is 108 cm³/mol. The molecule has 0 radical (unpaired) electrons. The minimum absolute atomic E-state index is 0.0834. The summed E-state index contributed by atoms with van der Waals surface area (Å²) in [4.78, 5) is 11.8. The van der Waals surface area contributed by atoms with Crippen molar-refractivity contribution in [2.45, 2.75) is 26.2 Å². The zero-order valence-corrected chi connectivity index (χ0v) is 15.7. The molecule has 5 nitrogen and oxygen atoms in total. The number of ether oxygens (including phenoxy) is 2. The molecule has 0 heterocycles. The fourth-order valence-electron chi connectivity index (χ4n) is 2.30. The maximum atomic E-state index is 11.8. The Hall–Kier alpha value is -3.08. The molecule has 1 amide bonds. The van der Waals surface area contributed by atoms with Gasteiger partial charge in [-0.25, -0.2) is 5.43 Å². The number of carbonyl (C=O) groups is 1. The highest BCUT2D eigenvalue weighted by Gasteiger charge is 2.02. The van der Waals surface area contributed by atoms with Crippen LogP contribution in [0.15, 0.2) is 66.3 Å². The lowest BCUT2D eigenvalue weighted by atomic mass is 10.1. The van der Waals surface area contributed by atoms with Crippen LogP contribution in [0.3, 0.4) is 0 Å². The van der Waals surface area contributed by atoms with E-state index in [-0.39, 0.29) is 12.5 Å². The van der Waals surface area contributed by atoms with E-state index in [1.54, 1.807) is 12.3 Å². The summed E-state index contributed by atoms with van der Waals surface area (Å²) < 4.78 is 10.9. The zero-order valence-electron chi connectivity index (χ0n) is 15.7. The molecule has 0 fully saturated rings. The molecule has 0 unspecified atom stereocenters. The topological polar surface area (TPSA) is 59.9 Å². The van der Waals surface area contributed by atoms with Gasteiger partial charge in [-0.3, -0.25) is 4.79 Å². The number of hydrogen-bond donors (Lipinski definition) is 1. The molecule has 0 bridgehead atoms. The first-order valence-electron chi connectivity index (χ1n) is 9.08. The molecule has 0 saturated carbocycles. The van der Waals surface area contributed by atoms with Crippen LogP contribution in [0.25, 0.3) is 0 Å². The Labute approximate surface area is 160 Å². The number of unbranched alkanes of at least 4 members (excludes halogenated alkanes) is 1. The van der Waals surface area contributed by atoms with Gasteiger partial charge < -0.3 is 9.47 Å². The van der Waals surface area contributed by atoms with Gasteiger partial charge in [-0.15, -0.1) is 0 Å². The molecule has 0 aliphatic carbocycles. The maximum absolute atomic E-state index is 11.8. The van der Waals surface area contributed by atoms with Gasteiger partial charge in [0.2, 0.25) is 0 Å². The Kier molecular flexibility index (Phi) is 8.63. The van der Waals surface area contributed by atoms with Crippen molar-refractivity contribution in [1.82, 2.24) is 5.43 Å². The van der Waals surface area contributed by atoms with E-state index in [2.05, 4.69) is 24.0 Å². The summed E-state index contributed by atoms with van der Waals surface area (Å²) in [6.07, 6.45) is 6.66. The van der Waals surface area contributed by atoms with Crippen molar-refractivity contribution in [3.05, 3.63) is 72.3 Å². The highest BCUT2D eigenvalue weighted by molar-refractivity contribution is 5.83. The standard InChI is InChI=1S/C22H26N2O3/c1-3-5-6-18-7-11-21(12-8-18)27-17-22(25)24-23-16-19-9-13-20(14-10-19)26-15-4-2/h4,7-14,16H,2-3,5-6,15,17H2,1H3,(H,24,25). The predicted octanol–water partition coefficient (Wildman–Crippen LogP) is 4.12. The summed E-state index contributed by atoms with van der Waals surface area (Å²) in [5.41, 5.74) is 4.58. The lowest BCUT2D eigenvalue weighted by Crippen LogP contribution is -2.24. The molecule has 1 N–H and O–H groups in total. The van der Waals surface area contributed by atoms with E-state index in [1.807, 2.05) is 48.5 Å². The molecule has 2 aromatic rings. The second kappa shape index (κ2) is 11.5. The lowest BCUT2D eigenvalue weighted by Gasteiger charge is -2.06. The zero-order chi connectivity index (χ0) is 19.3. The highest BCUT2D eigenvalue weighted by Crippen LogP contribution is 2.14. The molecule has 0 aromatic heterocycles. The third-order valence-corrected chi connectivity index (χ3v) is 3.76. The number of nitrogens with zero attached hydrogens (tertiary/aromatic N) is 1. The van der Waals surface area contributed by atoms with Gasteiger partial charge in [0.25, 0.3) is 5.91 Å². The Balaban J connectivity index is 1.72. The first-order chi connectivity index (χ1) is 13.2. The van der Waals surface area contributed by atoms with Crippen molar-refractivity contribution in [2.24, 2.45) is 5.10 Å². The lowest BCUT2D eigenvalue weighted by molar-refractivity contribution is -0.123. The highest BCUT2D eigenvalue weighted by atomic mass is 16.5. The Morgan fingerprint density at radius 2 is 1.74 bits per heavy atom. The summed E-state index contributed by atoms with van der Waals surface area (Å²) in [5, 5.41) is 3.93. The van der Waals surface area contributed by atoms with Gasteiger partial charge in [0.1, 0.15) is 18.1 Å². The van der Waals surface area contributed by atoms with E-state index < -0.39 is 0 Å². The van der Waals surface area contributed by atoms with Crippen LogP contribution in [0.1, 0.15) is 30.9 Å². The number of aryl methyl sites for hydroxylation is 1. The van der Waals surface area contributed by atoms with Crippen LogP contribution in [0.2, 0.25) is 0 Å². The fraction of sp³-hybridized carbons (Fsp3) is 0.273. The average Bonchev–Trinajstić information content (AvgIpc) is 2.71. The van der Waals surface area contributed by atoms with Crippen LogP contribution in [-0.4, -0.2) is 25.3 Å². The van der Waals surface area contributed by atoms with Crippen LogP contribution in [0.5, 0.6) is 11.5 Å². The van der Waals surface area contributed by atoms with Crippen molar-refractivity contribution in [1.29, 1.82) is 0 Å². The van der Waals surface area contributed by atoms with Gasteiger partial charge in [0.15, 0.2) is 6.61 Å². The van der Waals surface area contributed by atoms with E-state index in [0.717, 1.165) is 17.7 Å². The molecular weight excluding hydrogens is 340 g/mol. The monoisotopic (exact) mass is 366 g/mol. The molecule has 27 heavy (non-hydrogen) atoms. The smallest absolute Gasteiger partial charge is 0.277 e. The molecular formula is C22H26N2O3. The molecule has 0 spiro atoms. The minimum Gasteiger partial charge on any atom is -0.490 e. The normalized spacial score (nSPS) is 10.6. The van der Waals surface area contributed by atoms with Gasteiger partial charge in [0, 0.05) is 0 Å². The van der Waals surface area contributed by atoms with Crippen LogP contribution < -0.4 is 14.9 Å². The van der Waals surface area contributed by atoms with Crippen LogP contribution in [-0.2, 0) is 11.2 Å². The van der Waals surface area contributed by atoms with Crippen LogP contribution >= 0.6 is 0 Å². The van der Waals surface area contributed by atoms with E-state index in [0.29, 0.717) is 12.4 Å². The SMILES string of the molecule is C=CCOc1ccc(C=NNC(=O)COc2ccc(CCCC)cc2)cc1. The first kappa shape index (κ1) is 20.2. The molecule has 0 aliphatic rings. The summed E-state index contributed by atoms with van der Waals surface area (Å²) in [5.74, 6) is 1.11. The Morgan fingerprint density at radius 3 is 2.41 bits per heavy atom. The second-order valence-electron chi connectivity index (χ2n) is 6.00. The third kappa shape index (κ3) is 7.77. The number of benzene rings is 2. The van der Waals surface area contributed by atoms with E-state index >= 15 is 0 Å². The van der Waals surface area contributed by atoms with Crippen molar-refractivity contribution >= 4 is 12.1 Å². The molecule has 142 valence electrons. The fourth-order valence-corrected chi connectivity index (χ4v) is 2.30. The van der Waals surface area contributed by atoms with Gasteiger partial charge in [-0.2, -0.15) is 5.10 Å². The van der Waals surface area contributed by atoms with E-state index in [9.17, 15) is 4.79 Å². The van der Waals surface area contributed by atoms with Crippen molar-refractivity contribution < 1.29 is 14.3 Å². The molecule has 0 atom stereocenters. The summed E-state index contributed by atoms with van der Waals surface area (Å²) in [6, 6.07) is 15.2. The van der Waals surface area contributed by atoms with Crippen LogP contribution in [0.4, 0.5) is 0 Å². The van der Waals surface area contributed by atoms with Crippen molar-refractivity contribution in [3.8, 4) is 11.5 Å². The van der Waals surface area contributed by atoms with Gasteiger partial charge in [0.05, 0.1) is 6.21 Å². The molecule has 2 aromatic carbocycles. The number of rotatable bonds is 11. The number of hydrazone groups is 1. The van der Waals surface area contributed by atoms with Crippen LogP contribution in [0, 0.1) is 0 Å². The Bertz CT molecular complexity index is 737. The van der Waals surface area contributed by atoms with Crippen molar-refractivity contribution in [3.63, 3.8) is 0 Å². The Morgan fingerprint density at radius 1 is 1.07 bits per heavy atom. The number of hydrogen-bond acceptors (Lipinski definition) is 4. The molecule has 5 heteroatoms. The minimum atomic E-state index is -0.313. The van der Waals surface area contributed by atoms with E-state index in [1.165, 1.54) is 18.4 Å². The summed E-state index contributed by atoms with van der Waals surface area (Å²) in [7, 11) is 0. The number of amides is 1. The molecule has 2 rings (SSSR count). The van der Waals surface area contributed by atoms with Gasteiger partial charge in [-0.1, -0.05) is 38.1 Å². The van der Waals surface area contributed by atoms with E-state index in [4.69, 9.17) is 9.47 Å². The number of nitrogens with one attached hydrogen (secondary N) is 1. The molecule has 0 aliphatic heterocycles. The first-order valence-corrected chi connectivity index (χ1v) is 9.08.